The Bertz CT molecular complexity index is 368. The van der Waals surface area contributed by atoms with Crippen LogP contribution in [0.1, 0.15) is 18.5 Å². The van der Waals surface area contributed by atoms with Crippen LogP contribution in [0.3, 0.4) is 0 Å². The third kappa shape index (κ3) is 3.21. The predicted molar refractivity (Wildman–Crippen MR) is 53.7 cm³/mol. The first kappa shape index (κ1) is 11.5. The lowest BCUT2D eigenvalue weighted by molar-refractivity contribution is -0.117. The maximum absolute atomic E-state index is 13.3. The first-order valence-corrected chi connectivity index (χ1v) is 4.51. The van der Waals surface area contributed by atoms with Gasteiger partial charge in [-0.25, -0.2) is 4.39 Å². The second-order valence-electron chi connectivity index (χ2n) is 3.27. The lowest BCUT2D eigenvalue weighted by atomic mass is 10.1. The molecule has 0 aliphatic rings. The topological polar surface area (TPSA) is 75.3 Å². The molecule has 0 spiro atoms. The molecule has 0 bridgehead atoms. The molecule has 1 atom stereocenters. The summed E-state index contributed by atoms with van der Waals surface area (Å²) in [5.74, 6) is -1.14. The molecule has 1 aromatic carbocycles. The highest BCUT2D eigenvalue weighted by Gasteiger charge is 2.11. The molecule has 0 radical (unpaired) electrons. The molecule has 1 amide bonds. The summed E-state index contributed by atoms with van der Waals surface area (Å²) < 4.78 is 13.3. The zero-order chi connectivity index (χ0) is 11.4. The summed E-state index contributed by atoms with van der Waals surface area (Å²) in [4.78, 5) is 10.5. The first-order chi connectivity index (χ1) is 7.00. The van der Waals surface area contributed by atoms with Gasteiger partial charge in [-0.05, 0) is 13.0 Å². The van der Waals surface area contributed by atoms with E-state index in [-0.39, 0.29) is 18.3 Å². The maximum atomic E-state index is 13.3. The van der Waals surface area contributed by atoms with Crippen LogP contribution in [-0.4, -0.2) is 17.6 Å². The van der Waals surface area contributed by atoms with E-state index < -0.39 is 11.7 Å². The lowest BCUT2D eigenvalue weighted by Crippen LogP contribution is -2.30. The fraction of sp³-hybridized carbons (Fsp3) is 0.300. The van der Waals surface area contributed by atoms with Crippen LogP contribution in [0.15, 0.2) is 18.2 Å². The van der Waals surface area contributed by atoms with Crippen molar-refractivity contribution in [2.75, 3.05) is 6.54 Å². The van der Waals surface area contributed by atoms with E-state index in [4.69, 9.17) is 10.8 Å². The average molecular weight is 212 g/mol. The Morgan fingerprint density at radius 3 is 2.87 bits per heavy atom. The molecule has 82 valence electrons. The van der Waals surface area contributed by atoms with Gasteiger partial charge in [0.2, 0.25) is 5.91 Å². The fourth-order valence-corrected chi connectivity index (χ4v) is 1.23. The van der Waals surface area contributed by atoms with Crippen LogP contribution in [0.4, 0.5) is 4.39 Å². The molecule has 0 aliphatic heterocycles. The number of aromatic hydroxyl groups is 1. The van der Waals surface area contributed by atoms with Crippen LogP contribution in [0.5, 0.6) is 5.75 Å². The van der Waals surface area contributed by atoms with Crippen LogP contribution in [0, 0.1) is 5.82 Å². The SMILES string of the molecule is CC(NCC(N)=O)c1ccc(O)cc1F. The summed E-state index contributed by atoms with van der Waals surface area (Å²) in [6.45, 7) is 1.69. The second-order valence-corrected chi connectivity index (χ2v) is 3.27. The normalized spacial score (nSPS) is 12.4. The van der Waals surface area contributed by atoms with E-state index in [0.717, 1.165) is 6.07 Å². The largest absolute Gasteiger partial charge is 0.508 e. The minimum atomic E-state index is -0.514. The van der Waals surface area contributed by atoms with Crippen molar-refractivity contribution in [1.29, 1.82) is 0 Å². The molecule has 0 saturated heterocycles. The van der Waals surface area contributed by atoms with Gasteiger partial charge in [-0.3, -0.25) is 4.79 Å². The van der Waals surface area contributed by atoms with E-state index in [9.17, 15) is 9.18 Å². The molecule has 15 heavy (non-hydrogen) atoms. The van der Waals surface area contributed by atoms with Gasteiger partial charge in [-0.2, -0.15) is 0 Å². The highest BCUT2D eigenvalue weighted by molar-refractivity contribution is 5.75. The van der Waals surface area contributed by atoms with Gasteiger partial charge in [0.15, 0.2) is 0 Å². The number of phenolic OH excluding ortho intramolecular Hbond substituents is 1. The molecule has 4 nitrogen and oxygen atoms in total. The van der Waals surface area contributed by atoms with Gasteiger partial charge in [0, 0.05) is 17.7 Å². The summed E-state index contributed by atoms with van der Waals surface area (Å²) >= 11 is 0. The Kier molecular flexibility index (Phi) is 3.62. The molecule has 0 fully saturated rings. The maximum Gasteiger partial charge on any atom is 0.231 e. The lowest BCUT2D eigenvalue weighted by Gasteiger charge is -2.13. The van der Waals surface area contributed by atoms with E-state index in [1.807, 2.05) is 0 Å². The Balaban J connectivity index is 2.73. The van der Waals surface area contributed by atoms with Gasteiger partial charge in [-0.1, -0.05) is 6.07 Å². The number of phenols is 1. The van der Waals surface area contributed by atoms with Crippen molar-refractivity contribution in [1.82, 2.24) is 5.32 Å². The van der Waals surface area contributed by atoms with Crippen LogP contribution in [0.25, 0.3) is 0 Å². The van der Waals surface area contributed by atoms with Crippen molar-refractivity contribution in [2.45, 2.75) is 13.0 Å². The van der Waals surface area contributed by atoms with Gasteiger partial charge in [-0.15, -0.1) is 0 Å². The smallest absolute Gasteiger partial charge is 0.231 e. The number of primary amides is 1. The van der Waals surface area contributed by atoms with Crippen molar-refractivity contribution >= 4 is 5.91 Å². The van der Waals surface area contributed by atoms with E-state index in [1.54, 1.807) is 6.92 Å². The number of amides is 1. The second kappa shape index (κ2) is 4.75. The summed E-state index contributed by atoms with van der Waals surface area (Å²) in [7, 11) is 0. The summed E-state index contributed by atoms with van der Waals surface area (Å²) in [6.07, 6.45) is 0. The molecule has 4 N–H and O–H groups in total. The minimum Gasteiger partial charge on any atom is -0.508 e. The number of nitrogens with one attached hydrogen (secondary N) is 1. The standard InChI is InChI=1S/C10H13FN2O2/c1-6(13-5-10(12)15)8-3-2-7(14)4-9(8)11/h2-4,6,13-14H,5H2,1H3,(H2,12,15). The van der Waals surface area contributed by atoms with Crippen molar-refractivity contribution in [3.63, 3.8) is 0 Å². The zero-order valence-corrected chi connectivity index (χ0v) is 8.33. The molecular formula is C10H13FN2O2. The van der Waals surface area contributed by atoms with E-state index in [1.165, 1.54) is 12.1 Å². The Morgan fingerprint density at radius 1 is 1.67 bits per heavy atom. The minimum absolute atomic E-state index is 0.0124. The van der Waals surface area contributed by atoms with E-state index >= 15 is 0 Å². The van der Waals surface area contributed by atoms with Crippen LogP contribution in [0.2, 0.25) is 0 Å². The van der Waals surface area contributed by atoms with E-state index in [2.05, 4.69) is 5.32 Å². The van der Waals surface area contributed by atoms with Crippen molar-refractivity contribution in [3.8, 4) is 5.75 Å². The van der Waals surface area contributed by atoms with Gasteiger partial charge < -0.3 is 16.2 Å². The summed E-state index contributed by atoms with van der Waals surface area (Å²) in [5.41, 5.74) is 5.33. The third-order valence-electron chi connectivity index (χ3n) is 2.03. The number of benzene rings is 1. The Hall–Kier alpha value is -1.62. The molecule has 1 unspecified atom stereocenters. The molecular weight excluding hydrogens is 199 g/mol. The van der Waals surface area contributed by atoms with Gasteiger partial charge in [0.1, 0.15) is 11.6 Å². The Labute approximate surface area is 86.9 Å². The third-order valence-corrected chi connectivity index (χ3v) is 2.03. The molecule has 1 aromatic rings. The van der Waals surface area contributed by atoms with Gasteiger partial charge in [0.05, 0.1) is 6.54 Å². The molecule has 1 rings (SSSR count). The van der Waals surface area contributed by atoms with Crippen LogP contribution < -0.4 is 11.1 Å². The average Bonchev–Trinajstić information content (AvgIpc) is 2.14. The molecule has 0 saturated carbocycles. The first-order valence-electron chi connectivity index (χ1n) is 4.51. The van der Waals surface area contributed by atoms with Crippen LogP contribution >= 0.6 is 0 Å². The molecule has 5 heteroatoms. The number of rotatable bonds is 4. The number of carbonyl (C=O) groups excluding carboxylic acids is 1. The Morgan fingerprint density at radius 2 is 2.33 bits per heavy atom. The monoisotopic (exact) mass is 212 g/mol. The van der Waals surface area contributed by atoms with Crippen molar-refractivity contribution in [3.05, 3.63) is 29.6 Å². The predicted octanol–water partition coefficient (Wildman–Crippen LogP) is 0.667. The van der Waals surface area contributed by atoms with Crippen LogP contribution in [-0.2, 0) is 4.79 Å². The van der Waals surface area contributed by atoms with Gasteiger partial charge in [0.25, 0.3) is 0 Å². The van der Waals surface area contributed by atoms with Gasteiger partial charge >= 0.3 is 0 Å². The highest BCUT2D eigenvalue weighted by atomic mass is 19.1. The number of nitrogens with two attached hydrogens (primary N) is 1. The number of carbonyl (C=O) groups is 1. The molecule has 0 heterocycles. The number of hydrogen-bond donors (Lipinski definition) is 3. The fourth-order valence-electron chi connectivity index (χ4n) is 1.23. The number of halogens is 1. The quantitative estimate of drug-likeness (QED) is 0.686. The van der Waals surface area contributed by atoms with Crippen molar-refractivity contribution < 1.29 is 14.3 Å². The highest BCUT2D eigenvalue weighted by Crippen LogP contribution is 2.20. The zero-order valence-electron chi connectivity index (χ0n) is 8.33. The number of hydrogen-bond acceptors (Lipinski definition) is 3. The van der Waals surface area contributed by atoms with Crippen molar-refractivity contribution in [2.24, 2.45) is 5.73 Å². The summed E-state index contributed by atoms with van der Waals surface area (Å²) in [6, 6.07) is 3.54. The summed E-state index contributed by atoms with van der Waals surface area (Å²) in [5, 5.41) is 11.8. The molecule has 0 aromatic heterocycles. The molecule has 0 aliphatic carbocycles. The van der Waals surface area contributed by atoms with E-state index in [0.29, 0.717) is 5.56 Å².